The van der Waals surface area contributed by atoms with E-state index in [4.69, 9.17) is 47.4 Å². The summed E-state index contributed by atoms with van der Waals surface area (Å²) in [5.41, 5.74) is 3.84. The molecule has 17 nitrogen and oxygen atoms in total. The van der Waals surface area contributed by atoms with Crippen molar-refractivity contribution in [3.8, 4) is 28.7 Å². The standard InChI is InChI=1S/C77H98O17/c1-3-15-57-17-21-59(22-18-57)61-25-41-69(42-26-61)93-76(83)64-31-37-66(38-32-64)85-49-9-5-7-11-51-88-71(78)45-47-73(80)90-54-13-53-87-68-35-29-63(30-36-68)75(82)92-56-14-55-91-74(81)48-46-72(79)89-52-12-8-6-10-50-86-67-39-33-65(34-40-67)77(84)94-70-43-27-62(28-44-70)60-23-19-58(16-4-2)20-24-60/h25-44,57-60H,3-24,45-56H2,1-2H3/t57?,58-,59?,60-. The third-order valence-electron chi connectivity index (χ3n) is 17.3. The minimum absolute atomic E-state index is 0.0211. The number of benzene rings is 5. The molecule has 0 spiro atoms. The summed E-state index contributed by atoms with van der Waals surface area (Å²) in [7, 11) is 0. The van der Waals surface area contributed by atoms with Crippen molar-refractivity contribution in [2.45, 2.75) is 193 Å². The summed E-state index contributed by atoms with van der Waals surface area (Å²) < 4.78 is 55.0. The highest BCUT2D eigenvalue weighted by atomic mass is 16.6. The number of unbranched alkanes of at least 4 members (excludes halogenated alkanes) is 6. The fraction of sp³-hybridized carbons (Fsp3) is 0.519. The molecule has 0 saturated heterocycles. The van der Waals surface area contributed by atoms with Gasteiger partial charge in [0.2, 0.25) is 0 Å². The summed E-state index contributed by atoms with van der Waals surface area (Å²) >= 11 is 0. The molecule has 0 atom stereocenters. The summed E-state index contributed by atoms with van der Waals surface area (Å²) in [6.07, 6.45) is 22.0. The first-order valence-corrected chi connectivity index (χ1v) is 34.5. The van der Waals surface area contributed by atoms with Crippen LogP contribution in [0.5, 0.6) is 28.7 Å². The Bertz CT molecular complexity index is 3030. The Morgan fingerprint density at radius 2 is 0.574 bits per heavy atom. The van der Waals surface area contributed by atoms with Crippen LogP contribution < -0.4 is 23.7 Å². The highest BCUT2D eigenvalue weighted by molar-refractivity contribution is 5.92. The number of hydrogen-bond acceptors (Lipinski definition) is 17. The molecule has 0 amide bonds. The third kappa shape index (κ3) is 27.8. The molecule has 2 aliphatic carbocycles. The van der Waals surface area contributed by atoms with Crippen LogP contribution >= 0.6 is 0 Å². The SMILES string of the molecule is CCCC1CCC(c2ccc(OC(=O)c3ccc(OCCCCCCOC(=O)CCC(=O)OCCCOc4ccc(C(=O)OCCCOC(=O)CCC(=O)OCCCCCCOc5ccc(C(=O)Oc6ccc([C@H]7CC[C@H](CCC)CC7)cc6)cc5)cc4)cc3)cc2)CC1. The van der Waals surface area contributed by atoms with E-state index < -0.39 is 41.8 Å². The van der Waals surface area contributed by atoms with E-state index in [0.717, 1.165) is 50.4 Å². The molecule has 2 fully saturated rings. The van der Waals surface area contributed by atoms with E-state index in [0.29, 0.717) is 89.7 Å². The minimum Gasteiger partial charge on any atom is -0.494 e. The van der Waals surface area contributed by atoms with Gasteiger partial charge in [-0.2, -0.15) is 0 Å². The maximum absolute atomic E-state index is 12.8. The molecule has 7 rings (SSSR count). The lowest BCUT2D eigenvalue weighted by molar-refractivity contribution is -0.150. The lowest BCUT2D eigenvalue weighted by Crippen LogP contribution is -2.13. The van der Waals surface area contributed by atoms with Crippen molar-refractivity contribution in [3.05, 3.63) is 149 Å². The maximum atomic E-state index is 12.8. The highest BCUT2D eigenvalue weighted by Crippen LogP contribution is 2.39. The molecule has 17 heteroatoms. The van der Waals surface area contributed by atoms with Gasteiger partial charge in [-0.1, -0.05) is 63.8 Å². The lowest BCUT2D eigenvalue weighted by atomic mass is 9.77. The van der Waals surface area contributed by atoms with Gasteiger partial charge in [-0.15, -0.1) is 0 Å². The van der Waals surface area contributed by atoms with E-state index in [1.165, 1.54) is 88.2 Å². The summed E-state index contributed by atoms with van der Waals surface area (Å²) in [4.78, 5) is 86.9. The predicted octanol–water partition coefficient (Wildman–Crippen LogP) is 16.6. The molecular weight excluding hydrogens is 1200 g/mol. The van der Waals surface area contributed by atoms with E-state index in [1.807, 2.05) is 24.3 Å². The van der Waals surface area contributed by atoms with Crippen molar-refractivity contribution < 1.29 is 80.9 Å². The van der Waals surface area contributed by atoms with Crippen molar-refractivity contribution >= 4 is 41.8 Å². The minimum atomic E-state index is -0.551. The Balaban J connectivity index is 0.598. The summed E-state index contributed by atoms with van der Waals surface area (Å²) in [6, 6.07) is 36.1. The summed E-state index contributed by atoms with van der Waals surface area (Å²) in [6.45, 7) is 6.46. The quantitative estimate of drug-likeness (QED) is 0.0154. The van der Waals surface area contributed by atoms with Crippen LogP contribution in [0.2, 0.25) is 0 Å². The zero-order valence-corrected chi connectivity index (χ0v) is 55.3. The largest absolute Gasteiger partial charge is 0.494 e. The van der Waals surface area contributed by atoms with Gasteiger partial charge in [0.25, 0.3) is 0 Å². The smallest absolute Gasteiger partial charge is 0.343 e. The monoisotopic (exact) mass is 1290 g/mol. The van der Waals surface area contributed by atoms with Gasteiger partial charge in [0.05, 0.1) is 95.2 Å². The normalized spacial score (nSPS) is 16.0. The maximum Gasteiger partial charge on any atom is 0.343 e. The zero-order valence-electron chi connectivity index (χ0n) is 55.3. The average Bonchev–Trinajstić information content (AvgIpc) is 1.26. The van der Waals surface area contributed by atoms with Crippen LogP contribution in [0.3, 0.4) is 0 Å². The second-order valence-corrected chi connectivity index (χ2v) is 24.6. The Morgan fingerprint density at radius 3 is 0.915 bits per heavy atom. The number of ether oxygens (including phenoxy) is 10. The number of hydrogen-bond donors (Lipinski definition) is 0. The molecule has 0 aliphatic heterocycles. The molecule has 5 aromatic rings. The molecule has 0 N–H and O–H groups in total. The van der Waals surface area contributed by atoms with Gasteiger partial charge in [-0.25, -0.2) is 14.4 Å². The first-order chi connectivity index (χ1) is 45.9. The van der Waals surface area contributed by atoms with Crippen molar-refractivity contribution in [1.29, 1.82) is 0 Å². The molecule has 5 aromatic carbocycles. The Morgan fingerprint density at radius 1 is 0.298 bits per heavy atom. The highest BCUT2D eigenvalue weighted by Gasteiger charge is 2.24. The lowest BCUT2D eigenvalue weighted by Gasteiger charge is -2.28. The molecule has 0 bridgehead atoms. The second kappa shape index (κ2) is 42.2. The van der Waals surface area contributed by atoms with Gasteiger partial charge in [-0.05, 0) is 235 Å². The van der Waals surface area contributed by atoms with Crippen LogP contribution in [0, 0.1) is 11.8 Å². The van der Waals surface area contributed by atoms with Crippen molar-refractivity contribution in [2.75, 3.05) is 52.9 Å². The van der Waals surface area contributed by atoms with Crippen LogP contribution in [0.1, 0.15) is 235 Å². The van der Waals surface area contributed by atoms with E-state index in [-0.39, 0.29) is 71.7 Å². The molecule has 2 aliphatic rings. The van der Waals surface area contributed by atoms with Crippen LogP contribution in [0.4, 0.5) is 0 Å². The van der Waals surface area contributed by atoms with Gasteiger partial charge < -0.3 is 47.4 Å². The zero-order chi connectivity index (χ0) is 66.4. The summed E-state index contributed by atoms with van der Waals surface area (Å²) in [5, 5.41) is 0. The number of carbonyl (C=O) groups excluding carboxylic acids is 7. The van der Waals surface area contributed by atoms with Crippen LogP contribution in [0.25, 0.3) is 0 Å². The first kappa shape index (κ1) is 73.2. The number of rotatable bonds is 42. The van der Waals surface area contributed by atoms with E-state index >= 15 is 0 Å². The van der Waals surface area contributed by atoms with Gasteiger partial charge in [-0.3, -0.25) is 19.2 Å². The summed E-state index contributed by atoms with van der Waals surface area (Å²) in [5.74, 6) is 2.43. The molecule has 94 heavy (non-hydrogen) atoms. The molecule has 0 radical (unpaired) electrons. The van der Waals surface area contributed by atoms with E-state index in [9.17, 15) is 33.6 Å². The topological polar surface area (TPSA) is 212 Å². The fourth-order valence-electron chi connectivity index (χ4n) is 11.9. The van der Waals surface area contributed by atoms with Crippen LogP contribution in [-0.4, -0.2) is 94.6 Å². The van der Waals surface area contributed by atoms with Crippen LogP contribution in [-0.2, 0) is 42.9 Å². The van der Waals surface area contributed by atoms with Gasteiger partial charge in [0, 0.05) is 12.8 Å². The van der Waals surface area contributed by atoms with Crippen molar-refractivity contribution in [3.63, 3.8) is 0 Å². The van der Waals surface area contributed by atoms with E-state index in [2.05, 4.69) is 38.1 Å². The fourth-order valence-corrected chi connectivity index (χ4v) is 11.9. The molecule has 508 valence electrons. The second-order valence-electron chi connectivity index (χ2n) is 24.6. The molecular formula is C77H98O17. The first-order valence-electron chi connectivity index (χ1n) is 34.5. The Hall–Kier alpha value is -8.21. The molecule has 2 saturated carbocycles. The predicted molar refractivity (Wildman–Crippen MR) is 357 cm³/mol. The van der Waals surface area contributed by atoms with Crippen molar-refractivity contribution in [2.24, 2.45) is 11.8 Å². The third-order valence-corrected chi connectivity index (χ3v) is 17.3. The van der Waals surface area contributed by atoms with Gasteiger partial charge in [0.1, 0.15) is 28.7 Å². The Labute approximate surface area is 555 Å². The molecule has 0 unspecified atom stereocenters. The van der Waals surface area contributed by atoms with Crippen molar-refractivity contribution in [1.82, 2.24) is 0 Å². The number of carbonyl (C=O) groups is 7. The van der Waals surface area contributed by atoms with Gasteiger partial charge >= 0.3 is 41.8 Å². The molecule has 0 aromatic heterocycles. The van der Waals surface area contributed by atoms with Gasteiger partial charge in [0.15, 0.2) is 0 Å². The molecule has 0 heterocycles. The average molecular weight is 1300 g/mol. The Kier molecular flexibility index (Phi) is 32.9. The van der Waals surface area contributed by atoms with E-state index in [1.54, 1.807) is 72.8 Å². The number of esters is 7. The van der Waals surface area contributed by atoms with Crippen LogP contribution in [0.15, 0.2) is 121 Å².